The van der Waals surface area contributed by atoms with E-state index in [2.05, 4.69) is 20.6 Å². The highest BCUT2D eigenvalue weighted by molar-refractivity contribution is 5.42. The maximum absolute atomic E-state index is 5.12. The van der Waals surface area contributed by atoms with Gasteiger partial charge in [0.05, 0.1) is 19.5 Å². The Morgan fingerprint density at radius 3 is 2.37 bits per heavy atom. The van der Waals surface area contributed by atoms with E-state index >= 15 is 0 Å². The van der Waals surface area contributed by atoms with Gasteiger partial charge in [-0.1, -0.05) is 12.1 Å². The maximum Gasteiger partial charge on any atom is 0.147 e. The first-order valence-electron chi connectivity index (χ1n) is 6.24. The molecule has 0 saturated heterocycles. The molecule has 0 aliphatic carbocycles. The third-order valence-electron chi connectivity index (χ3n) is 2.63. The third-order valence-corrected chi connectivity index (χ3v) is 2.63. The van der Waals surface area contributed by atoms with Crippen LogP contribution >= 0.6 is 0 Å². The predicted molar refractivity (Wildman–Crippen MR) is 76.5 cm³/mol. The van der Waals surface area contributed by atoms with Crippen LogP contribution in [0.1, 0.15) is 12.5 Å². The van der Waals surface area contributed by atoms with E-state index in [1.807, 2.05) is 31.2 Å². The van der Waals surface area contributed by atoms with E-state index in [1.54, 1.807) is 19.5 Å². The summed E-state index contributed by atoms with van der Waals surface area (Å²) in [6, 6.07) is 7.93. The second kappa shape index (κ2) is 6.58. The summed E-state index contributed by atoms with van der Waals surface area (Å²) >= 11 is 0. The number of anilines is 2. The molecule has 1 aromatic carbocycles. The highest BCUT2D eigenvalue weighted by Gasteiger charge is 1.98. The maximum atomic E-state index is 5.12. The number of aromatic nitrogens is 2. The van der Waals surface area contributed by atoms with Crippen molar-refractivity contribution in [3.63, 3.8) is 0 Å². The van der Waals surface area contributed by atoms with Crippen LogP contribution in [0.25, 0.3) is 0 Å². The van der Waals surface area contributed by atoms with E-state index in [4.69, 9.17) is 4.74 Å². The van der Waals surface area contributed by atoms with Crippen molar-refractivity contribution in [2.24, 2.45) is 0 Å². The molecule has 2 aromatic rings. The van der Waals surface area contributed by atoms with E-state index in [0.29, 0.717) is 6.54 Å². The molecule has 0 unspecified atom stereocenters. The Balaban J connectivity index is 1.95. The van der Waals surface area contributed by atoms with Gasteiger partial charge in [-0.05, 0) is 24.6 Å². The Bertz CT molecular complexity index is 513. The summed E-state index contributed by atoms with van der Waals surface area (Å²) in [4.78, 5) is 8.54. The lowest BCUT2D eigenvalue weighted by Gasteiger charge is -2.08. The largest absolute Gasteiger partial charge is 0.497 e. The quantitative estimate of drug-likeness (QED) is 0.833. The van der Waals surface area contributed by atoms with Gasteiger partial charge in [0.15, 0.2) is 0 Å². The number of rotatable bonds is 6. The summed E-state index contributed by atoms with van der Waals surface area (Å²) in [7, 11) is 1.66. The molecule has 5 nitrogen and oxygen atoms in total. The minimum Gasteiger partial charge on any atom is -0.497 e. The zero-order chi connectivity index (χ0) is 13.5. The van der Waals surface area contributed by atoms with Crippen molar-refractivity contribution < 1.29 is 4.74 Å². The van der Waals surface area contributed by atoms with Crippen molar-refractivity contribution in [2.75, 3.05) is 24.3 Å². The minimum absolute atomic E-state index is 0.703. The summed E-state index contributed by atoms with van der Waals surface area (Å²) in [6.07, 6.45) is 3.42. The van der Waals surface area contributed by atoms with Crippen LogP contribution in [0.5, 0.6) is 5.75 Å². The topological polar surface area (TPSA) is 59.1 Å². The van der Waals surface area contributed by atoms with Crippen LogP contribution in [0.15, 0.2) is 36.7 Å². The highest BCUT2D eigenvalue weighted by atomic mass is 16.5. The summed E-state index contributed by atoms with van der Waals surface area (Å²) in [5.74, 6) is 2.40. The molecule has 19 heavy (non-hydrogen) atoms. The molecule has 2 N–H and O–H groups in total. The number of benzene rings is 1. The fourth-order valence-corrected chi connectivity index (χ4v) is 1.65. The fourth-order valence-electron chi connectivity index (χ4n) is 1.65. The van der Waals surface area contributed by atoms with Crippen molar-refractivity contribution in [3.05, 3.63) is 42.2 Å². The van der Waals surface area contributed by atoms with Crippen LogP contribution in [0.4, 0.5) is 11.6 Å². The number of hydrogen-bond donors (Lipinski definition) is 2. The first kappa shape index (κ1) is 13.1. The minimum atomic E-state index is 0.703. The summed E-state index contributed by atoms with van der Waals surface area (Å²) in [5, 5.41) is 6.37. The molecule has 0 spiro atoms. The van der Waals surface area contributed by atoms with Crippen LogP contribution in [0, 0.1) is 0 Å². The summed E-state index contributed by atoms with van der Waals surface area (Å²) in [5.41, 5.74) is 1.16. The molecule has 0 fully saturated rings. The van der Waals surface area contributed by atoms with Gasteiger partial charge in [0, 0.05) is 13.1 Å². The van der Waals surface area contributed by atoms with Gasteiger partial charge < -0.3 is 15.4 Å². The molecule has 0 atom stereocenters. The van der Waals surface area contributed by atoms with Crippen molar-refractivity contribution in [2.45, 2.75) is 13.5 Å². The first-order chi connectivity index (χ1) is 9.31. The van der Waals surface area contributed by atoms with Crippen LogP contribution in [0.2, 0.25) is 0 Å². The van der Waals surface area contributed by atoms with Gasteiger partial charge in [0.2, 0.25) is 0 Å². The number of ether oxygens (including phenoxy) is 1. The molecular weight excluding hydrogens is 240 g/mol. The standard InChI is InChI=1S/C14H18N4O/c1-3-16-13-9-15-10-14(18-13)17-8-11-4-6-12(19-2)7-5-11/h4-7,9-10H,3,8H2,1-2H3,(H2,16,17,18). The molecule has 0 radical (unpaired) electrons. The lowest BCUT2D eigenvalue weighted by atomic mass is 10.2. The van der Waals surface area contributed by atoms with Gasteiger partial charge >= 0.3 is 0 Å². The molecule has 0 amide bonds. The Hall–Kier alpha value is -2.30. The van der Waals surface area contributed by atoms with Crippen LogP contribution in [0.3, 0.4) is 0 Å². The van der Waals surface area contributed by atoms with Crippen molar-refractivity contribution in [1.29, 1.82) is 0 Å². The highest BCUT2D eigenvalue weighted by Crippen LogP contribution is 2.13. The normalized spacial score (nSPS) is 10.0. The Morgan fingerprint density at radius 2 is 1.74 bits per heavy atom. The van der Waals surface area contributed by atoms with Gasteiger partial charge in [0.25, 0.3) is 0 Å². The number of hydrogen-bond acceptors (Lipinski definition) is 5. The van der Waals surface area contributed by atoms with E-state index < -0.39 is 0 Å². The molecule has 100 valence electrons. The molecule has 0 aliphatic rings. The van der Waals surface area contributed by atoms with E-state index in [-0.39, 0.29) is 0 Å². The van der Waals surface area contributed by atoms with E-state index in [1.165, 1.54) is 0 Å². The number of nitrogens with zero attached hydrogens (tertiary/aromatic N) is 2. The second-order valence-electron chi connectivity index (χ2n) is 4.02. The lowest BCUT2D eigenvalue weighted by Crippen LogP contribution is -2.05. The van der Waals surface area contributed by atoms with Gasteiger partial charge in [-0.25, -0.2) is 4.98 Å². The fraction of sp³-hybridized carbons (Fsp3) is 0.286. The first-order valence-corrected chi connectivity index (χ1v) is 6.24. The lowest BCUT2D eigenvalue weighted by molar-refractivity contribution is 0.414. The van der Waals surface area contributed by atoms with Crippen molar-refractivity contribution in [3.8, 4) is 5.75 Å². The zero-order valence-electron chi connectivity index (χ0n) is 11.2. The van der Waals surface area contributed by atoms with Crippen LogP contribution in [-0.4, -0.2) is 23.6 Å². The average molecular weight is 258 g/mol. The molecule has 0 bridgehead atoms. The van der Waals surface area contributed by atoms with Crippen LogP contribution in [-0.2, 0) is 6.54 Å². The van der Waals surface area contributed by atoms with Crippen molar-refractivity contribution >= 4 is 11.6 Å². The smallest absolute Gasteiger partial charge is 0.147 e. The second-order valence-corrected chi connectivity index (χ2v) is 4.02. The van der Waals surface area contributed by atoms with Crippen LogP contribution < -0.4 is 15.4 Å². The van der Waals surface area contributed by atoms with Gasteiger partial charge in [-0.3, -0.25) is 4.98 Å². The Morgan fingerprint density at radius 1 is 1.05 bits per heavy atom. The number of methoxy groups -OCH3 is 1. The monoisotopic (exact) mass is 258 g/mol. The van der Waals surface area contributed by atoms with Gasteiger partial charge in [-0.2, -0.15) is 0 Å². The van der Waals surface area contributed by atoms with Crippen molar-refractivity contribution in [1.82, 2.24) is 9.97 Å². The Labute approximate surface area is 113 Å². The molecule has 1 heterocycles. The SMILES string of the molecule is CCNc1cncc(NCc2ccc(OC)cc2)n1. The summed E-state index contributed by atoms with van der Waals surface area (Å²) in [6.45, 7) is 3.56. The zero-order valence-corrected chi connectivity index (χ0v) is 11.2. The molecule has 5 heteroatoms. The number of nitrogens with one attached hydrogen (secondary N) is 2. The summed E-state index contributed by atoms with van der Waals surface area (Å²) < 4.78 is 5.12. The molecule has 2 rings (SSSR count). The van der Waals surface area contributed by atoms with Gasteiger partial charge in [0.1, 0.15) is 17.4 Å². The molecular formula is C14H18N4O. The predicted octanol–water partition coefficient (Wildman–Crippen LogP) is 2.53. The molecule has 1 aromatic heterocycles. The third kappa shape index (κ3) is 3.84. The van der Waals surface area contributed by atoms with Gasteiger partial charge in [-0.15, -0.1) is 0 Å². The van der Waals surface area contributed by atoms with E-state index in [0.717, 1.165) is 29.5 Å². The Kier molecular flexibility index (Phi) is 4.55. The van der Waals surface area contributed by atoms with E-state index in [9.17, 15) is 0 Å². The molecule has 0 aliphatic heterocycles. The molecule has 0 saturated carbocycles. The average Bonchev–Trinajstić information content (AvgIpc) is 2.46.